The van der Waals surface area contributed by atoms with Crippen molar-refractivity contribution in [3.63, 3.8) is 0 Å². The third-order valence-corrected chi connectivity index (χ3v) is 3.68. The third-order valence-electron chi connectivity index (χ3n) is 2.91. The molecular weight excluding hydrogens is 313 g/mol. The second-order valence-electron chi connectivity index (χ2n) is 4.75. The molecule has 0 fully saturated rings. The van der Waals surface area contributed by atoms with E-state index in [-0.39, 0.29) is 11.6 Å². The summed E-state index contributed by atoms with van der Waals surface area (Å²) in [6.07, 6.45) is 0.888. The van der Waals surface area contributed by atoms with E-state index in [9.17, 15) is 9.90 Å². The Morgan fingerprint density at radius 1 is 1.43 bits per heavy atom. The molecule has 2 aromatic rings. The highest BCUT2D eigenvalue weighted by atomic mass is 35.5. The van der Waals surface area contributed by atoms with E-state index < -0.39 is 11.7 Å². The Hall–Kier alpha value is -1.56. The van der Waals surface area contributed by atoms with Gasteiger partial charge in [0.2, 0.25) is 0 Å². The zero-order valence-corrected chi connectivity index (χ0v) is 13.1. The average molecular weight is 328 g/mol. The quantitative estimate of drug-likeness (QED) is 0.905. The average Bonchev–Trinajstić information content (AvgIpc) is 2.43. The zero-order chi connectivity index (χ0) is 15.6. The molecule has 0 aliphatic carbocycles. The van der Waals surface area contributed by atoms with Gasteiger partial charge >= 0.3 is 0 Å². The molecule has 0 radical (unpaired) electrons. The summed E-state index contributed by atoms with van der Waals surface area (Å²) < 4.78 is 1.18. The molecule has 0 saturated heterocycles. The van der Waals surface area contributed by atoms with Gasteiger partial charge in [-0.05, 0) is 31.5 Å². The van der Waals surface area contributed by atoms with Crippen molar-refractivity contribution >= 4 is 28.9 Å². The fourth-order valence-electron chi connectivity index (χ4n) is 1.71. The van der Waals surface area contributed by atoms with Gasteiger partial charge in [-0.15, -0.1) is 0 Å². The van der Waals surface area contributed by atoms with Crippen molar-refractivity contribution in [1.29, 1.82) is 0 Å². The highest BCUT2D eigenvalue weighted by Crippen LogP contribution is 2.20. The van der Waals surface area contributed by atoms with E-state index in [2.05, 4.69) is 10.4 Å². The molecule has 21 heavy (non-hydrogen) atoms. The van der Waals surface area contributed by atoms with E-state index in [1.165, 1.54) is 10.9 Å². The van der Waals surface area contributed by atoms with Crippen LogP contribution in [0.4, 0.5) is 5.69 Å². The molecule has 2 rings (SSSR count). The van der Waals surface area contributed by atoms with Crippen LogP contribution >= 0.6 is 23.2 Å². The second-order valence-corrected chi connectivity index (χ2v) is 5.54. The normalized spacial score (nSPS) is 12.2. The molecule has 5 nitrogen and oxygen atoms in total. The number of aromatic nitrogens is 2. The van der Waals surface area contributed by atoms with Crippen LogP contribution in [0.5, 0.6) is 0 Å². The van der Waals surface area contributed by atoms with Crippen LogP contribution in [-0.2, 0) is 0 Å². The van der Waals surface area contributed by atoms with Crippen molar-refractivity contribution in [2.75, 3.05) is 11.9 Å². The van der Waals surface area contributed by atoms with Crippen molar-refractivity contribution < 1.29 is 5.11 Å². The monoisotopic (exact) mass is 327 g/mol. The zero-order valence-electron chi connectivity index (χ0n) is 11.6. The minimum absolute atomic E-state index is 0.0161. The highest BCUT2D eigenvalue weighted by molar-refractivity contribution is 6.33. The predicted molar refractivity (Wildman–Crippen MR) is 84.8 cm³/mol. The van der Waals surface area contributed by atoms with Gasteiger partial charge in [-0.3, -0.25) is 4.79 Å². The van der Waals surface area contributed by atoms with Crippen LogP contribution in [0.25, 0.3) is 5.69 Å². The minimum atomic E-state index is -0.556. The minimum Gasteiger partial charge on any atom is -0.392 e. The van der Waals surface area contributed by atoms with E-state index in [1.807, 2.05) is 6.92 Å². The molecule has 0 aliphatic heterocycles. The summed E-state index contributed by atoms with van der Waals surface area (Å²) in [6, 6.07) is 5.21. The first-order chi connectivity index (χ1) is 9.90. The van der Waals surface area contributed by atoms with Crippen LogP contribution in [0.3, 0.4) is 0 Å². The Bertz CT molecular complexity index is 714. The summed E-state index contributed by atoms with van der Waals surface area (Å²) >= 11 is 12.1. The number of benzene rings is 1. The Morgan fingerprint density at radius 2 is 2.14 bits per heavy atom. The van der Waals surface area contributed by atoms with E-state index in [0.717, 1.165) is 5.56 Å². The number of nitrogens with zero attached hydrogens (tertiary/aromatic N) is 2. The van der Waals surface area contributed by atoms with E-state index >= 15 is 0 Å². The lowest BCUT2D eigenvalue weighted by Gasteiger charge is -2.11. The van der Waals surface area contributed by atoms with Crippen molar-refractivity contribution in [1.82, 2.24) is 9.78 Å². The Kier molecular flexibility index (Phi) is 4.88. The fourth-order valence-corrected chi connectivity index (χ4v) is 2.08. The molecule has 0 bridgehead atoms. The molecule has 0 aliphatic rings. The lowest BCUT2D eigenvalue weighted by Crippen LogP contribution is -2.24. The number of nitrogens with one attached hydrogen (secondary N) is 1. The van der Waals surface area contributed by atoms with E-state index in [0.29, 0.717) is 16.4 Å². The fraction of sp³-hybridized carbons (Fsp3) is 0.286. The number of aryl methyl sites for hydroxylation is 1. The number of hydrogen-bond acceptors (Lipinski definition) is 4. The van der Waals surface area contributed by atoms with Gasteiger partial charge in [0.05, 0.1) is 23.7 Å². The molecule has 1 aromatic heterocycles. The molecule has 1 atom stereocenters. The number of rotatable bonds is 4. The molecule has 0 spiro atoms. The van der Waals surface area contributed by atoms with Crippen LogP contribution < -0.4 is 10.9 Å². The Morgan fingerprint density at radius 3 is 2.76 bits per heavy atom. The molecular formula is C14H15Cl2N3O2. The molecule has 2 N–H and O–H groups in total. The van der Waals surface area contributed by atoms with Gasteiger partial charge < -0.3 is 10.4 Å². The lowest BCUT2D eigenvalue weighted by molar-refractivity contribution is 0.208. The number of hydrogen-bond donors (Lipinski definition) is 2. The van der Waals surface area contributed by atoms with Crippen LogP contribution in [-0.4, -0.2) is 27.5 Å². The molecule has 0 saturated carbocycles. The highest BCUT2D eigenvalue weighted by Gasteiger charge is 2.11. The molecule has 1 heterocycles. The van der Waals surface area contributed by atoms with Crippen LogP contribution in [0.1, 0.15) is 12.5 Å². The van der Waals surface area contributed by atoms with Crippen molar-refractivity contribution in [2.45, 2.75) is 20.0 Å². The maximum absolute atomic E-state index is 12.3. The summed E-state index contributed by atoms with van der Waals surface area (Å²) in [4.78, 5) is 12.3. The topological polar surface area (TPSA) is 67.2 Å². The number of aliphatic hydroxyl groups is 1. The maximum Gasteiger partial charge on any atom is 0.292 e. The summed E-state index contributed by atoms with van der Waals surface area (Å²) in [5.41, 5.74) is 1.39. The maximum atomic E-state index is 12.3. The molecule has 1 aromatic carbocycles. The largest absolute Gasteiger partial charge is 0.392 e. The van der Waals surface area contributed by atoms with Crippen molar-refractivity contribution in [2.24, 2.45) is 0 Å². The third kappa shape index (κ3) is 3.56. The summed E-state index contributed by atoms with van der Waals surface area (Å²) in [7, 11) is 0. The van der Waals surface area contributed by atoms with Crippen LogP contribution in [0.15, 0.2) is 29.2 Å². The van der Waals surface area contributed by atoms with Gasteiger partial charge in [0.25, 0.3) is 5.56 Å². The van der Waals surface area contributed by atoms with Crippen LogP contribution in [0.2, 0.25) is 10.0 Å². The van der Waals surface area contributed by atoms with E-state index in [1.54, 1.807) is 25.1 Å². The van der Waals surface area contributed by atoms with Crippen molar-refractivity contribution in [3.05, 3.63) is 50.4 Å². The van der Waals surface area contributed by atoms with Gasteiger partial charge in [0.1, 0.15) is 5.02 Å². The number of halogens is 2. The smallest absolute Gasteiger partial charge is 0.292 e. The van der Waals surface area contributed by atoms with E-state index in [4.69, 9.17) is 23.2 Å². The first-order valence-corrected chi connectivity index (χ1v) is 7.12. The number of anilines is 1. The molecule has 7 heteroatoms. The summed E-state index contributed by atoms with van der Waals surface area (Å²) in [6.45, 7) is 3.78. The van der Waals surface area contributed by atoms with Crippen LogP contribution in [0, 0.1) is 6.92 Å². The first kappa shape index (κ1) is 15.8. The van der Waals surface area contributed by atoms with Gasteiger partial charge in [-0.1, -0.05) is 29.3 Å². The summed E-state index contributed by atoms with van der Waals surface area (Å²) in [5.74, 6) is 0. The van der Waals surface area contributed by atoms with Gasteiger partial charge in [-0.2, -0.15) is 9.78 Å². The Labute approximate surface area is 132 Å². The lowest BCUT2D eigenvalue weighted by atomic mass is 10.2. The molecule has 0 unspecified atom stereocenters. The first-order valence-electron chi connectivity index (χ1n) is 6.36. The molecule has 112 valence electrons. The van der Waals surface area contributed by atoms with Crippen molar-refractivity contribution in [3.8, 4) is 5.69 Å². The van der Waals surface area contributed by atoms with Gasteiger partial charge in [0, 0.05) is 11.6 Å². The standard InChI is InChI=1S/C14H15Cl2N3O2/c1-8-3-4-10(5-11(8)15)19-14(21)13(16)12(7-18-19)17-6-9(2)20/h3-5,7,9,17,20H,6H2,1-2H3/t9-/m0/s1. The molecule has 0 amide bonds. The Balaban J connectivity index is 2.40. The van der Waals surface area contributed by atoms with Gasteiger partial charge in [-0.25, -0.2) is 0 Å². The summed E-state index contributed by atoms with van der Waals surface area (Å²) in [5, 5.41) is 16.7. The number of aliphatic hydroxyl groups excluding tert-OH is 1. The van der Waals surface area contributed by atoms with Gasteiger partial charge in [0.15, 0.2) is 0 Å². The predicted octanol–water partition coefficient (Wildman–Crippen LogP) is 2.64. The SMILES string of the molecule is Cc1ccc(-n2ncc(NC[C@H](C)O)c(Cl)c2=O)cc1Cl. The second kappa shape index (κ2) is 6.47.